The molecule has 0 aliphatic rings. The molecule has 3 aromatic rings. The lowest BCUT2D eigenvalue weighted by molar-refractivity contribution is 0.0939. The smallest absolute Gasteiger partial charge is 0.291 e. The molecule has 1 N–H and O–H groups in total. The monoisotopic (exact) mass is 264 g/mol. The lowest BCUT2D eigenvalue weighted by Gasteiger charge is -2.07. The topological polar surface area (TPSA) is 67.8 Å². The second-order valence-electron chi connectivity index (χ2n) is 4.29. The van der Waals surface area contributed by atoms with Crippen molar-refractivity contribution in [2.75, 3.05) is 0 Å². The zero-order chi connectivity index (χ0) is 13.8. The zero-order valence-electron chi connectivity index (χ0n) is 10.7. The normalized spacial score (nSPS) is 10.4. The molecule has 1 amide bonds. The molecule has 2 aromatic carbocycles. The fraction of sp³-hybridized carbons (Fsp3) is 0.0667. The molecule has 98 valence electrons. The van der Waals surface area contributed by atoms with Crippen LogP contribution in [0.4, 0.5) is 0 Å². The predicted molar refractivity (Wildman–Crippen MR) is 74.9 cm³/mol. The first-order valence-corrected chi connectivity index (χ1v) is 6.23. The minimum Gasteiger partial charge on any atom is -0.345 e. The second kappa shape index (κ2) is 5.44. The highest BCUT2D eigenvalue weighted by molar-refractivity contribution is 5.91. The molecule has 0 spiro atoms. The minimum absolute atomic E-state index is 0.0766. The molecule has 0 fully saturated rings. The third kappa shape index (κ3) is 2.47. The molecule has 20 heavy (non-hydrogen) atoms. The lowest BCUT2D eigenvalue weighted by Crippen LogP contribution is -2.25. The first kappa shape index (κ1) is 12.2. The number of carbonyl (C=O) groups excluding carboxylic acids is 1. The number of hydrogen-bond acceptors (Lipinski definition) is 4. The molecule has 0 radical (unpaired) electrons. The molecule has 0 aliphatic heterocycles. The van der Waals surface area contributed by atoms with Crippen LogP contribution in [0.15, 0.2) is 54.9 Å². The average molecular weight is 264 g/mol. The van der Waals surface area contributed by atoms with E-state index in [4.69, 9.17) is 0 Å². The molecule has 0 unspecified atom stereocenters. The van der Waals surface area contributed by atoms with Crippen molar-refractivity contribution in [1.82, 2.24) is 20.5 Å². The SMILES string of the molecule is O=C(NCc1cccc2ccccc12)c1nccnn1. The van der Waals surface area contributed by atoms with E-state index < -0.39 is 0 Å². The fourth-order valence-electron chi connectivity index (χ4n) is 2.05. The summed E-state index contributed by atoms with van der Waals surface area (Å²) < 4.78 is 0. The number of carbonyl (C=O) groups is 1. The number of benzene rings is 2. The summed E-state index contributed by atoms with van der Waals surface area (Å²) in [5.41, 5.74) is 1.06. The maximum absolute atomic E-state index is 11.9. The van der Waals surface area contributed by atoms with Gasteiger partial charge in [0.15, 0.2) is 0 Å². The molecule has 0 bridgehead atoms. The van der Waals surface area contributed by atoms with Gasteiger partial charge in [-0.2, -0.15) is 5.10 Å². The number of fused-ring (bicyclic) bond motifs is 1. The van der Waals surface area contributed by atoms with E-state index in [1.54, 1.807) is 0 Å². The fourth-order valence-corrected chi connectivity index (χ4v) is 2.05. The first-order chi connectivity index (χ1) is 9.84. The van der Waals surface area contributed by atoms with Gasteiger partial charge in [0.1, 0.15) is 0 Å². The van der Waals surface area contributed by atoms with Crippen molar-refractivity contribution >= 4 is 16.7 Å². The maximum atomic E-state index is 11.9. The molecule has 0 atom stereocenters. The van der Waals surface area contributed by atoms with Gasteiger partial charge in [-0.25, -0.2) is 4.98 Å². The Morgan fingerprint density at radius 3 is 2.75 bits per heavy atom. The van der Waals surface area contributed by atoms with Gasteiger partial charge in [0.25, 0.3) is 5.91 Å². The van der Waals surface area contributed by atoms with Crippen molar-refractivity contribution in [3.8, 4) is 0 Å². The third-order valence-corrected chi connectivity index (χ3v) is 3.01. The summed E-state index contributed by atoms with van der Waals surface area (Å²) in [5, 5.41) is 12.4. The molecular weight excluding hydrogens is 252 g/mol. The number of aromatic nitrogens is 3. The summed E-state index contributed by atoms with van der Waals surface area (Å²) in [6.45, 7) is 0.429. The van der Waals surface area contributed by atoms with Crippen LogP contribution >= 0.6 is 0 Å². The van der Waals surface area contributed by atoms with Crippen molar-refractivity contribution in [1.29, 1.82) is 0 Å². The summed E-state index contributed by atoms with van der Waals surface area (Å²) in [6, 6.07) is 14.1. The average Bonchev–Trinajstić information content (AvgIpc) is 2.53. The molecule has 0 aliphatic carbocycles. The summed E-state index contributed by atoms with van der Waals surface area (Å²) >= 11 is 0. The van der Waals surface area contributed by atoms with Gasteiger partial charge in [-0.15, -0.1) is 5.10 Å². The number of amides is 1. The highest BCUT2D eigenvalue weighted by Crippen LogP contribution is 2.18. The molecule has 3 rings (SSSR count). The first-order valence-electron chi connectivity index (χ1n) is 6.23. The van der Waals surface area contributed by atoms with Crippen molar-refractivity contribution in [2.24, 2.45) is 0 Å². The van der Waals surface area contributed by atoms with E-state index in [0.29, 0.717) is 6.54 Å². The van der Waals surface area contributed by atoms with Crippen LogP contribution in [0.2, 0.25) is 0 Å². The van der Waals surface area contributed by atoms with Gasteiger partial charge in [-0.05, 0) is 16.3 Å². The molecule has 1 aromatic heterocycles. The Bertz CT molecular complexity index is 738. The molecule has 5 heteroatoms. The van der Waals surface area contributed by atoms with Crippen molar-refractivity contribution in [3.05, 3.63) is 66.2 Å². The molecule has 1 heterocycles. The van der Waals surface area contributed by atoms with E-state index in [-0.39, 0.29) is 11.7 Å². The zero-order valence-corrected chi connectivity index (χ0v) is 10.7. The van der Waals surface area contributed by atoms with Crippen molar-refractivity contribution in [3.63, 3.8) is 0 Å². The van der Waals surface area contributed by atoms with Crippen LogP contribution in [0, 0.1) is 0 Å². The Kier molecular flexibility index (Phi) is 3.33. The van der Waals surface area contributed by atoms with Crippen LogP contribution < -0.4 is 5.32 Å². The van der Waals surface area contributed by atoms with E-state index in [1.807, 2.05) is 42.5 Å². The van der Waals surface area contributed by atoms with Gasteiger partial charge in [0.05, 0.1) is 6.20 Å². The second-order valence-corrected chi connectivity index (χ2v) is 4.29. The van der Waals surface area contributed by atoms with Crippen LogP contribution in [0.3, 0.4) is 0 Å². The van der Waals surface area contributed by atoms with Gasteiger partial charge in [0, 0.05) is 12.7 Å². The summed E-state index contributed by atoms with van der Waals surface area (Å²) in [7, 11) is 0. The lowest BCUT2D eigenvalue weighted by atomic mass is 10.0. The van der Waals surface area contributed by atoms with E-state index in [9.17, 15) is 4.79 Å². The van der Waals surface area contributed by atoms with E-state index in [1.165, 1.54) is 12.4 Å². The van der Waals surface area contributed by atoms with Gasteiger partial charge in [0.2, 0.25) is 5.82 Å². The summed E-state index contributed by atoms with van der Waals surface area (Å²) in [5.74, 6) is -0.251. The predicted octanol–water partition coefficient (Wildman–Crippen LogP) is 1.95. The number of hydrogen-bond donors (Lipinski definition) is 1. The Labute approximate surface area is 115 Å². The number of rotatable bonds is 3. The summed E-state index contributed by atoms with van der Waals surface area (Å²) in [4.78, 5) is 15.7. The van der Waals surface area contributed by atoms with Crippen LogP contribution in [0.5, 0.6) is 0 Å². The largest absolute Gasteiger partial charge is 0.345 e. The quantitative estimate of drug-likeness (QED) is 0.785. The Hall–Kier alpha value is -2.82. The number of nitrogens with one attached hydrogen (secondary N) is 1. The summed E-state index contributed by atoms with van der Waals surface area (Å²) in [6.07, 6.45) is 2.88. The van der Waals surface area contributed by atoms with Crippen LogP contribution in [0.25, 0.3) is 10.8 Å². The molecule has 0 saturated carbocycles. The molecule has 0 saturated heterocycles. The highest BCUT2D eigenvalue weighted by atomic mass is 16.2. The standard InChI is InChI=1S/C15H12N4O/c20-15(14-16-8-9-18-19-14)17-10-12-6-3-5-11-4-1-2-7-13(11)12/h1-9H,10H2,(H,17,20). The Morgan fingerprint density at radius 1 is 1.05 bits per heavy atom. The molecule has 5 nitrogen and oxygen atoms in total. The van der Waals surface area contributed by atoms with E-state index in [0.717, 1.165) is 16.3 Å². The minimum atomic E-state index is -0.328. The number of nitrogens with zero attached hydrogens (tertiary/aromatic N) is 3. The molecular formula is C15H12N4O. The maximum Gasteiger partial charge on any atom is 0.291 e. The van der Waals surface area contributed by atoms with E-state index >= 15 is 0 Å². The highest BCUT2D eigenvalue weighted by Gasteiger charge is 2.09. The Balaban J connectivity index is 1.79. The van der Waals surface area contributed by atoms with Crippen molar-refractivity contribution < 1.29 is 4.79 Å². The van der Waals surface area contributed by atoms with Gasteiger partial charge < -0.3 is 5.32 Å². The van der Waals surface area contributed by atoms with E-state index in [2.05, 4.69) is 20.5 Å². The van der Waals surface area contributed by atoms with Crippen molar-refractivity contribution in [2.45, 2.75) is 6.54 Å². The van der Waals surface area contributed by atoms with Gasteiger partial charge >= 0.3 is 0 Å². The Morgan fingerprint density at radius 2 is 1.90 bits per heavy atom. The third-order valence-electron chi connectivity index (χ3n) is 3.01. The van der Waals surface area contributed by atoms with Crippen LogP contribution in [-0.2, 0) is 6.54 Å². The van der Waals surface area contributed by atoms with Crippen LogP contribution in [-0.4, -0.2) is 21.1 Å². The van der Waals surface area contributed by atoms with Gasteiger partial charge in [-0.1, -0.05) is 42.5 Å². The van der Waals surface area contributed by atoms with Gasteiger partial charge in [-0.3, -0.25) is 4.79 Å². The van der Waals surface area contributed by atoms with Crippen LogP contribution in [0.1, 0.15) is 16.2 Å².